The second kappa shape index (κ2) is 25.1. The molecule has 5 aromatic carbocycles. The largest absolute Gasteiger partial charge is 0.493 e. The van der Waals surface area contributed by atoms with Gasteiger partial charge in [0.25, 0.3) is 11.8 Å². The van der Waals surface area contributed by atoms with E-state index in [0.29, 0.717) is 71.1 Å². The summed E-state index contributed by atoms with van der Waals surface area (Å²) in [5.41, 5.74) is 7.08. The zero-order chi connectivity index (χ0) is 59.2. The van der Waals surface area contributed by atoms with E-state index in [2.05, 4.69) is 16.0 Å². The third-order valence-corrected chi connectivity index (χ3v) is 15.1. The summed E-state index contributed by atoms with van der Waals surface area (Å²) in [5, 5.41) is 17.0. The highest BCUT2D eigenvalue weighted by molar-refractivity contribution is 6.16. The molecule has 21 nitrogen and oxygen atoms in total. The van der Waals surface area contributed by atoms with Gasteiger partial charge in [-0.3, -0.25) is 48.5 Å². The van der Waals surface area contributed by atoms with E-state index in [1.807, 2.05) is 54.6 Å². The fourth-order valence-corrected chi connectivity index (χ4v) is 10.8. The molecule has 0 aliphatic carbocycles. The van der Waals surface area contributed by atoms with Gasteiger partial charge in [-0.05, 0) is 97.3 Å². The second-order valence-electron chi connectivity index (χ2n) is 21.2. The van der Waals surface area contributed by atoms with Gasteiger partial charge in [-0.1, -0.05) is 68.4 Å². The number of pyridine rings is 1. The number of carbonyl (C=O) groups excluding carboxylic acids is 6. The summed E-state index contributed by atoms with van der Waals surface area (Å²) in [6.07, 6.45) is 2.93. The first-order valence-electron chi connectivity index (χ1n) is 27.7. The molecule has 0 radical (unpaired) electrons. The number of carbonyl (C=O) groups is 7. The molecule has 0 bridgehead atoms. The number of carboxylic acids is 1. The van der Waals surface area contributed by atoms with E-state index in [1.54, 1.807) is 90.5 Å². The molecule has 10 rings (SSSR count). The molecule has 6 aromatic rings. The quantitative estimate of drug-likeness (QED) is 0.0493. The average Bonchev–Trinajstić information content (AvgIpc) is 3.40. The number of benzene rings is 5. The van der Waals surface area contributed by atoms with E-state index in [9.17, 15) is 33.6 Å². The van der Waals surface area contributed by atoms with Crippen LogP contribution in [0.5, 0.6) is 23.0 Å². The van der Waals surface area contributed by atoms with Crippen molar-refractivity contribution in [1.29, 1.82) is 0 Å². The van der Waals surface area contributed by atoms with Crippen molar-refractivity contribution in [3.63, 3.8) is 0 Å². The summed E-state index contributed by atoms with van der Waals surface area (Å²) in [6, 6.07) is 31.5. The SMILES string of the molecule is COc1cc2c(cc1OCc1cccc(COc3cc4c(cc3OC)C(=O)N3c5ccccc5C[C@H]3CN4C(=O)OCc3ccc(NC(=O)[C@H](C)NC(=O)[C@@H](NC(=O)CCCCC(=O)O)C(C)C)cc3)n1)N=C[C@@H]1Cc3ccccc3N1C2=O. The molecule has 0 saturated heterocycles. The molecule has 0 fully saturated rings. The number of rotatable bonds is 21. The van der Waals surface area contributed by atoms with Crippen LogP contribution in [0.25, 0.3) is 0 Å². The Hall–Kier alpha value is -9.79. The first kappa shape index (κ1) is 57.4. The predicted octanol–water partition coefficient (Wildman–Crippen LogP) is 8.50. The Balaban J connectivity index is 0.798. The van der Waals surface area contributed by atoms with Crippen LogP contribution in [0.3, 0.4) is 0 Å². The molecular weight excluding hydrogens is 1080 g/mol. The lowest BCUT2D eigenvalue weighted by Crippen LogP contribution is -2.53. The Labute approximate surface area is 484 Å². The summed E-state index contributed by atoms with van der Waals surface area (Å²) >= 11 is 0. The number of carboxylic acid groups (broad SMARTS) is 1. The van der Waals surface area contributed by atoms with Crippen LogP contribution in [0.2, 0.25) is 0 Å². The number of hydrogen-bond acceptors (Lipinski definition) is 14. The summed E-state index contributed by atoms with van der Waals surface area (Å²) in [4.78, 5) is 107. The standard InChI is InChI=1S/C63H64N8O13/c1-36(2)58(68-56(72)19-10-11-20-57(73)74)60(76)65-37(3)59(75)67-41-23-21-38(22-24-41)33-84-63(79)69-32-45-26-40-14-7-9-18-50(40)71(45)62(78)47-28-53(81-5)55(30-51(47)69)83-35-43-16-12-15-42(66-43)34-82-54-29-48-46(27-52(54)80-4)61(77)70-44(31-64-48)25-39-13-6-8-17-49(39)70/h6-9,12-18,21-24,27-31,36-37,44-45,58H,10-11,19-20,25-26,32-35H2,1-5H3,(H,65,76)(H,67,75)(H,68,72)(H,73,74)/t37-,44-,45-,58-/m0/s1. The van der Waals surface area contributed by atoms with E-state index in [0.717, 1.165) is 22.5 Å². The van der Waals surface area contributed by atoms with Gasteiger partial charge in [-0.2, -0.15) is 0 Å². The van der Waals surface area contributed by atoms with Crippen LogP contribution in [-0.4, -0.2) is 103 Å². The molecule has 0 saturated carbocycles. The van der Waals surface area contributed by atoms with Crippen LogP contribution < -0.4 is 49.6 Å². The Morgan fingerprint density at radius 1 is 0.655 bits per heavy atom. The van der Waals surface area contributed by atoms with Crippen LogP contribution in [0, 0.1) is 5.92 Å². The van der Waals surface area contributed by atoms with Crippen LogP contribution >= 0.6 is 0 Å². The maximum atomic E-state index is 14.7. The van der Waals surface area contributed by atoms with Crippen LogP contribution in [0.4, 0.5) is 33.2 Å². The van der Waals surface area contributed by atoms with E-state index >= 15 is 0 Å². The number of amides is 6. The van der Waals surface area contributed by atoms with Gasteiger partial charge in [0, 0.05) is 54.7 Å². The van der Waals surface area contributed by atoms with Gasteiger partial charge < -0.3 is 49.6 Å². The number of unbranched alkanes of at least 4 members (excludes halogenated alkanes) is 1. The molecule has 4 aliphatic rings. The normalized spacial score (nSPS) is 16.1. The first-order chi connectivity index (χ1) is 40.6. The van der Waals surface area contributed by atoms with Gasteiger partial charge in [0.05, 0.1) is 66.7 Å². The number of methoxy groups -OCH3 is 2. The molecule has 434 valence electrons. The lowest BCUT2D eigenvalue weighted by molar-refractivity contribution is -0.137. The van der Waals surface area contributed by atoms with Crippen LogP contribution in [0.15, 0.2) is 120 Å². The van der Waals surface area contributed by atoms with Crippen LogP contribution in [-0.2, 0) is 56.6 Å². The Morgan fingerprint density at radius 2 is 1.27 bits per heavy atom. The summed E-state index contributed by atoms with van der Waals surface area (Å²) in [7, 11) is 2.98. The minimum Gasteiger partial charge on any atom is -0.493 e. The molecule has 4 atom stereocenters. The number of fused-ring (bicyclic) bond motifs is 8. The van der Waals surface area contributed by atoms with E-state index in [1.165, 1.54) is 26.0 Å². The number of hydrogen-bond donors (Lipinski definition) is 4. The molecule has 0 unspecified atom stereocenters. The number of para-hydroxylation sites is 2. The molecule has 6 amide bonds. The van der Waals surface area contributed by atoms with Gasteiger partial charge >= 0.3 is 12.1 Å². The van der Waals surface area contributed by atoms with Crippen molar-refractivity contribution in [2.75, 3.05) is 40.8 Å². The zero-order valence-electron chi connectivity index (χ0n) is 47.1. The highest BCUT2D eigenvalue weighted by Crippen LogP contribution is 2.44. The van der Waals surface area contributed by atoms with Gasteiger partial charge in [0.2, 0.25) is 17.7 Å². The predicted molar refractivity (Wildman–Crippen MR) is 312 cm³/mol. The molecule has 5 heterocycles. The maximum absolute atomic E-state index is 14.7. The Morgan fingerprint density at radius 3 is 1.94 bits per heavy atom. The number of anilines is 4. The molecular formula is C63H64N8O13. The fourth-order valence-electron chi connectivity index (χ4n) is 10.8. The van der Waals surface area contributed by atoms with Crippen molar-refractivity contribution in [2.24, 2.45) is 10.9 Å². The van der Waals surface area contributed by atoms with Crippen molar-refractivity contribution >= 4 is 76.2 Å². The molecule has 21 heteroatoms. The minimum atomic E-state index is -0.980. The highest BCUT2D eigenvalue weighted by atomic mass is 16.6. The van der Waals surface area contributed by atoms with E-state index < -0.39 is 47.9 Å². The Kier molecular flexibility index (Phi) is 17.2. The first-order valence-corrected chi connectivity index (χ1v) is 27.7. The molecule has 84 heavy (non-hydrogen) atoms. The van der Waals surface area contributed by atoms with E-state index in [-0.39, 0.29) is 85.7 Å². The van der Waals surface area contributed by atoms with Crippen LogP contribution in [0.1, 0.15) is 95.2 Å². The smallest absolute Gasteiger partial charge is 0.414 e. The van der Waals surface area contributed by atoms with Crippen molar-refractivity contribution in [3.8, 4) is 23.0 Å². The van der Waals surface area contributed by atoms with Crippen molar-refractivity contribution < 1.29 is 62.4 Å². The highest BCUT2D eigenvalue weighted by Gasteiger charge is 2.43. The Bertz CT molecular complexity index is 3570. The lowest BCUT2D eigenvalue weighted by Gasteiger charge is -2.26. The van der Waals surface area contributed by atoms with Gasteiger partial charge in [-0.15, -0.1) is 0 Å². The minimum absolute atomic E-state index is 0.0363. The number of ether oxygens (including phenoxy) is 5. The number of aliphatic imine (C=N–C) groups is 1. The third-order valence-electron chi connectivity index (χ3n) is 15.1. The summed E-state index contributed by atoms with van der Waals surface area (Å²) < 4.78 is 30.2. The fraction of sp³-hybridized carbons (Fsp3) is 0.317. The summed E-state index contributed by atoms with van der Waals surface area (Å²) in [5.74, 6) is -1.97. The molecule has 0 spiro atoms. The second-order valence-corrected chi connectivity index (χ2v) is 21.2. The maximum Gasteiger partial charge on any atom is 0.414 e. The van der Waals surface area contributed by atoms with Crippen molar-refractivity contribution in [3.05, 3.63) is 154 Å². The monoisotopic (exact) mass is 1140 g/mol. The van der Waals surface area contributed by atoms with Crippen molar-refractivity contribution in [2.45, 2.75) is 103 Å². The number of aliphatic carboxylic acids is 1. The number of aromatic nitrogens is 1. The van der Waals surface area contributed by atoms with Gasteiger partial charge in [0.1, 0.15) is 31.9 Å². The zero-order valence-corrected chi connectivity index (χ0v) is 47.1. The van der Waals surface area contributed by atoms with Gasteiger partial charge in [0.15, 0.2) is 23.0 Å². The number of nitrogens with one attached hydrogen (secondary N) is 3. The average molecular weight is 1140 g/mol. The summed E-state index contributed by atoms with van der Waals surface area (Å²) in [6.45, 7) is 4.97. The van der Waals surface area contributed by atoms with Crippen molar-refractivity contribution in [1.82, 2.24) is 15.6 Å². The molecule has 1 aromatic heterocycles. The third kappa shape index (κ3) is 12.5. The molecule has 4 aliphatic heterocycles. The van der Waals surface area contributed by atoms with Gasteiger partial charge in [-0.25, -0.2) is 4.79 Å². The topological polar surface area (TPSA) is 257 Å². The lowest BCUT2D eigenvalue weighted by atomic mass is 10.0. The molecule has 4 N–H and O–H groups in total. The van der Waals surface area contributed by atoms with E-state index in [4.69, 9.17) is 38.8 Å². The number of nitrogens with zero attached hydrogens (tertiary/aromatic N) is 5.